The van der Waals surface area contributed by atoms with Crippen LogP contribution in [-0.2, 0) is 0 Å². The third-order valence-corrected chi connectivity index (χ3v) is 3.74. The highest BCUT2D eigenvalue weighted by Crippen LogP contribution is 2.29. The maximum atomic E-state index is 12.5. The van der Waals surface area contributed by atoms with Crippen LogP contribution in [0.5, 0.6) is 5.75 Å². The van der Waals surface area contributed by atoms with Gasteiger partial charge in [-0.05, 0) is 36.4 Å². The van der Waals surface area contributed by atoms with Crippen LogP contribution < -0.4 is 10.1 Å². The molecule has 0 aliphatic heterocycles. The Morgan fingerprint density at radius 1 is 1.24 bits per heavy atom. The smallest absolute Gasteiger partial charge is 0.256 e. The molecular formula is C16H13BrN2O2. The molecule has 1 heterocycles. The number of halogens is 1. The molecule has 0 unspecified atom stereocenters. The lowest BCUT2D eigenvalue weighted by atomic mass is 10.1. The minimum atomic E-state index is -0.170. The van der Waals surface area contributed by atoms with E-state index in [-0.39, 0.29) is 5.91 Å². The Morgan fingerprint density at radius 3 is 2.90 bits per heavy atom. The predicted octanol–water partition coefficient (Wildman–Crippen LogP) is 4.19. The van der Waals surface area contributed by atoms with Gasteiger partial charge in [0.2, 0.25) is 0 Å². The summed E-state index contributed by atoms with van der Waals surface area (Å²) >= 11 is 3.39. The molecular weight excluding hydrogens is 332 g/mol. The van der Waals surface area contributed by atoms with Gasteiger partial charge < -0.3 is 15.0 Å². The molecule has 4 nitrogen and oxygen atoms in total. The number of benzene rings is 2. The maximum absolute atomic E-state index is 12.5. The monoisotopic (exact) mass is 344 g/mol. The number of nitrogens with one attached hydrogen (secondary N) is 2. The van der Waals surface area contributed by atoms with Gasteiger partial charge in [0.25, 0.3) is 5.91 Å². The van der Waals surface area contributed by atoms with E-state index in [0.717, 1.165) is 15.4 Å². The highest BCUT2D eigenvalue weighted by atomic mass is 79.9. The average molecular weight is 345 g/mol. The molecule has 3 aromatic rings. The van der Waals surface area contributed by atoms with Crippen molar-refractivity contribution in [1.29, 1.82) is 0 Å². The molecule has 5 heteroatoms. The number of amides is 1. The van der Waals surface area contributed by atoms with Gasteiger partial charge >= 0.3 is 0 Å². The van der Waals surface area contributed by atoms with Crippen molar-refractivity contribution in [2.24, 2.45) is 0 Å². The lowest BCUT2D eigenvalue weighted by molar-refractivity contribution is 0.102. The zero-order chi connectivity index (χ0) is 14.8. The van der Waals surface area contributed by atoms with Crippen LogP contribution in [0.25, 0.3) is 10.9 Å². The van der Waals surface area contributed by atoms with E-state index < -0.39 is 0 Å². The fraction of sp³-hybridized carbons (Fsp3) is 0.0625. The molecule has 1 amide bonds. The second-order valence-electron chi connectivity index (χ2n) is 4.54. The number of ether oxygens (including phenoxy) is 1. The fourth-order valence-electron chi connectivity index (χ4n) is 2.25. The van der Waals surface area contributed by atoms with Gasteiger partial charge in [0.15, 0.2) is 0 Å². The molecule has 1 aromatic heterocycles. The number of H-pyrrole nitrogens is 1. The normalized spacial score (nSPS) is 10.6. The quantitative estimate of drug-likeness (QED) is 0.748. The van der Waals surface area contributed by atoms with Gasteiger partial charge in [-0.25, -0.2) is 0 Å². The van der Waals surface area contributed by atoms with E-state index in [1.54, 1.807) is 19.2 Å². The number of fused-ring (bicyclic) bond motifs is 1. The summed E-state index contributed by atoms with van der Waals surface area (Å²) in [4.78, 5) is 15.6. The van der Waals surface area contributed by atoms with Crippen LogP contribution in [0.15, 0.2) is 53.1 Å². The van der Waals surface area contributed by atoms with Crippen molar-refractivity contribution in [3.05, 3.63) is 58.7 Å². The summed E-state index contributed by atoms with van der Waals surface area (Å²) in [7, 11) is 1.58. The first-order valence-electron chi connectivity index (χ1n) is 6.40. The van der Waals surface area contributed by atoms with Gasteiger partial charge in [0.1, 0.15) is 5.75 Å². The van der Waals surface area contributed by atoms with Crippen LogP contribution in [-0.4, -0.2) is 18.0 Å². The van der Waals surface area contributed by atoms with Gasteiger partial charge in [-0.3, -0.25) is 4.79 Å². The first-order chi connectivity index (χ1) is 10.2. The van der Waals surface area contributed by atoms with Crippen molar-refractivity contribution in [1.82, 2.24) is 4.98 Å². The van der Waals surface area contributed by atoms with E-state index in [1.165, 1.54) is 0 Å². The van der Waals surface area contributed by atoms with Crippen LogP contribution in [0.1, 0.15) is 10.4 Å². The van der Waals surface area contributed by atoms with Crippen molar-refractivity contribution in [3.8, 4) is 5.75 Å². The molecule has 106 valence electrons. The SMILES string of the molecule is COc1ccc(Br)cc1NC(=O)c1cccc2[nH]ccc12. The summed E-state index contributed by atoms with van der Waals surface area (Å²) < 4.78 is 6.14. The van der Waals surface area contributed by atoms with E-state index >= 15 is 0 Å². The van der Waals surface area contributed by atoms with Crippen LogP contribution in [0.3, 0.4) is 0 Å². The summed E-state index contributed by atoms with van der Waals surface area (Å²) in [5.74, 6) is 0.449. The van der Waals surface area contributed by atoms with Gasteiger partial charge in [-0.15, -0.1) is 0 Å². The largest absolute Gasteiger partial charge is 0.495 e. The topological polar surface area (TPSA) is 54.1 Å². The molecule has 0 spiro atoms. The molecule has 0 saturated heterocycles. The van der Waals surface area contributed by atoms with Crippen molar-refractivity contribution in [2.75, 3.05) is 12.4 Å². The van der Waals surface area contributed by atoms with Gasteiger partial charge in [-0.2, -0.15) is 0 Å². The summed E-state index contributed by atoms with van der Waals surface area (Å²) in [5.41, 5.74) is 2.18. The third kappa shape index (κ3) is 2.64. The van der Waals surface area contributed by atoms with Gasteiger partial charge in [0, 0.05) is 27.1 Å². The average Bonchev–Trinajstić information content (AvgIpc) is 2.95. The van der Waals surface area contributed by atoms with E-state index in [2.05, 4.69) is 26.2 Å². The van der Waals surface area contributed by atoms with E-state index in [9.17, 15) is 4.79 Å². The third-order valence-electron chi connectivity index (χ3n) is 3.25. The summed E-state index contributed by atoms with van der Waals surface area (Å²) in [6, 6.07) is 13.0. The highest BCUT2D eigenvalue weighted by Gasteiger charge is 2.13. The molecule has 2 N–H and O–H groups in total. The number of aromatic amines is 1. The van der Waals surface area contributed by atoms with E-state index in [1.807, 2.05) is 36.5 Å². The molecule has 0 saturated carbocycles. The second-order valence-corrected chi connectivity index (χ2v) is 5.46. The minimum Gasteiger partial charge on any atom is -0.495 e. The molecule has 21 heavy (non-hydrogen) atoms. The molecule has 0 atom stereocenters. The van der Waals surface area contributed by atoms with Crippen molar-refractivity contribution >= 4 is 38.4 Å². The standard InChI is InChI=1S/C16H13BrN2O2/c1-21-15-6-5-10(17)9-14(15)19-16(20)12-3-2-4-13-11(12)7-8-18-13/h2-9,18H,1H3,(H,19,20). The Hall–Kier alpha value is -2.27. The zero-order valence-electron chi connectivity index (χ0n) is 11.3. The number of carbonyl (C=O) groups is 1. The fourth-order valence-corrected chi connectivity index (χ4v) is 2.61. The lowest BCUT2D eigenvalue weighted by Gasteiger charge is -2.11. The number of aromatic nitrogens is 1. The first kappa shape index (κ1) is 13.7. The molecule has 0 aliphatic rings. The van der Waals surface area contributed by atoms with E-state index in [0.29, 0.717) is 17.0 Å². The highest BCUT2D eigenvalue weighted by molar-refractivity contribution is 9.10. The summed E-state index contributed by atoms with van der Waals surface area (Å²) in [6.45, 7) is 0. The molecule has 0 radical (unpaired) electrons. The maximum Gasteiger partial charge on any atom is 0.256 e. The van der Waals surface area contributed by atoms with Crippen molar-refractivity contribution in [2.45, 2.75) is 0 Å². The van der Waals surface area contributed by atoms with Crippen molar-refractivity contribution < 1.29 is 9.53 Å². The minimum absolute atomic E-state index is 0.170. The Bertz CT molecular complexity index is 811. The first-order valence-corrected chi connectivity index (χ1v) is 7.19. The van der Waals surface area contributed by atoms with Gasteiger partial charge in [-0.1, -0.05) is 22.0 Å². The second kappa shape index (κ2) is 5.61. The molecule has 0 fully saturated rings. The Morgan fingerprint density at radius 2 is 2.10 bits per heavy atom. The number of hydrogen-bond acceptors (Lipinski definition) is 2. The van der Waals surface area contributed by atoms with Crippen LogP contribution in [0.2, 0.25) is 0 Å². The number of methoxy groups -OCH3 is 1. The zero-order valence-corrected chi connectivity index (χ0v) is 12.9. The summed E-state index contributed by atoms with van der Waals surface area (Å²) in [6.07, 6.45) is 1.82. The number of rotatable bonds is 3. The predicted molar refractivity (Wildman–Crippen MR) is 86.9 cm³/mol. The number of carbonyl (C=O) groups excluding carboxylic acids is 1. The molecule has 0 bridgehead atoms. The van der Waals surface area contributed by atoms with Crippen LogP contribution in [0, 0.1) is 0 Å². The Labute approximate surface area is 130 Å². The lowest BCUT2D eigenvalue weighted by Crippen LogP contribution is -2.13. The number of hydrogen-bond donors (Lipinski definition) is 2. The Kier molecular flexibility index (Phi) is 3.66. The van der Waals surface area contributed by atoms with Crippen LogP contribution >= 0.6 is 15.9 Å². The van der Waals surface area contributed by atoms with E-state index in [4.69, 9.17) is 4.74 Å². The molecule has 3 rings (SSSR count). The number of anilines is 1. The molecule has 0 aliphatic carbocycles. The summed E-state index contributed by atoms with van der Waals surface area (Å²) in [5, 5.41) is 3.79. The van der Waals surface area contributed by atoms with Crippen LogP contribution in [0.4, 0.5) is 5.69 Å². The van der Waals surface area contributed by atoms with Gasteiger partial charge in [0.05, 0.1) is 12.8 Å². The van der Waals surface area contributed by atoms with Crippen molar-refractivity contribution in [3.63, 3.8) is 0 Å². The molecule has 2 aromatic carbocycles. The Balaban J connectivity index is 1.97.